The molecule has 0 saturated heterocycles. The van der Waals surface area contributed by atoms with Gasteiger partial charge in [-0.2, -0.15) is 18.3 Å². The summed E-state index contributed by atoms with van der Waals surface area (Å²) in [5.74, 6) is 0.116. The average Bonchev–Trinajstić information content (AvgIpc) is 3.03. The predicted octanol–water partition coefficient (Wildman–Crippen LogP) is 3.17. The molecule has 0 saturated carbocycles. The van der Waals surface area contributed by atoms with E-state index in [0.29, 0.717) is 24.1 Å². The number of carbonyl (C=O) groups is 1. The zero-order valence-corrected chi connectivity index (χ0v) is 10.9. The van der Waals surface area contributed by atoms with Crippen molar-refractivity contribution < 1.29 is 18.0 Å². The second kappa shape index (κ2) is 4.91. The van der Waals surface area contributed by atoms with Crippen molar-refractivity contribution in [3.05, 3.63) is 46.8 Å². The van der Waals surface area contributed by atoms with E-state index in [1.807, 2.05) is 6.07 Å². The number of nitrogens with zero attached hydrogens (tertiary/aromatic N) is 1. The van der Waals surface area contributed by atoms with Crippen molar-refractivity contribution in [2.45, 2.75) is 25.6 Å². The molecule has 0 amide bonds. The number of aromatic nitrogens is 2. The summed E-state index contributed by atoms with van der Waals surface area (Å²) in [4.78, 5) is 11.5. The van der Waals surface area contributed by atoms with Crippen LogP contribution in [0.15, 0.2) is 24.4 Å². The summed E-state index contributed by atoms with van der Waals surface area (Å²) in [6.07, 6.45) is -2.06. The first-order chi connectivity index (χ1) is 9.95. The molecule has 0 radical (unpaired) electrons. The highest BCUT2D eigenvalue weighted by Gasteiger charge is 2.36. The fraction of sp³-hybridized carbons (Fsp3) is 0.286. The minimum Gasteiger partial charge on any atom is -0.381 e. The van der Waals surface area contributed by atoms with Crippen molar-refractivity contribution in [3.63, 3.8) is 0 Å². The summed E-state index contributed by atoms with van der Waals surface area (Å²) < 4.78 is 38.0. The number of alkyl halides is 3. The molecular formula is C14H12F3N3O. The van der Waals surface area contributed by atoms with Gasteiger partial charge in [0.1, 0.15) is 0 Å². The molecule has 0 atom stereocenters. The van der Waals surface area contributed by atoms with Crippen molar-refractivity contribution in [1.29, 1.82) is 0 Å². The van der Waals surface area contributed by atoms with Gasteiger partial charge in [0.2, 0.25) is 0 Å². The van der Waals surface area contributed by atoms with E-state index in [-0.39, 0.29) is 17.9 Å². The molecule has 0 aliphatic heterocycles. The Hall–Kier alpha value is -2.31. The Morgan fingerprint density at radius 1 is 1.29 bits per heavy atom. The second-order valence-electron chi connectivity index (χ2n) is 4.91. The Morgan fingerprint density at radius 2 is 2.10 bits per heavy atom. The number of H-pyrrole nitrogens is 1. The summed E-state index contributed by atoms with van der Waals surface area (Å²) in [5, 5.41) is 8.40. The van der Waals surface area contributed by atoms with E-state index in [1.165, 1.54) is 6.20 Å². The molecule has 3 rings (SSSR count). The number of aryl methyl sites for hydroxylation is 1. The van der Waals surface area contributed by atoms with Gasteiger partial charge in [0, 0.05) is 36.0 Å². The number of halogens is 3. The highest BCUT2D eigenvalue weighted by molar-refractivity contribution is 6.00. The van der Waals surface area contributed by atoms with Crippen LogP contribution in [0.5, 0.6) is 0 Å². The SMILES string of the molecule is O=C1CCc2cc(NCc3c[nH]nc3C(F)(F)F)ccc21. The van der Waals surface area contributed by atoms with E-state index in [2.05, 4.69) is 15.5 Å². The highest BCUT2D eigenvalue weighted by Crippen LogP contribution is 2.30. The minimum absolute atomic E-state index is 0.0120. The maximum atomic E-state index is 12.7. The Kier molecular flexibility index (Phi) is 3.19. The van der Waals surface area contributed by atoms with Crippen LogP contribution in [0.4, 0.5) is 18.9 Å². The zero-order valence-electron chi connectivity index (χ0n) is 10.9. The number of hydrogen-bond acceptors (Lipinski definition) is 3. The van der Waals surface area contributed by atoms with Crippen LogP contribution in [0.2, 0.25) is 0 Å². The van der Waals surface area contributed by atoms with Crippen molar-refractivity contribution >= 4 is 11.5 Å². The van der Waals surface area contributed by atoms with Gasteiger partial charge < -0.3 is 5.32 Å². The lowest BCUT2D eigenvalue weighted by Gasteiger charge is -2.09. The van der Waals surface area contributed by atoms with Crippen LogP contribution in [-0.4, -0.2) is 16.0 Å². The van der Waals surface area contributed by atoms with Crippen LogP contribution in [0, 0.1) is 0 Å². The number of benzene rings is 1. The Bertz CT molecular complexity index is 691. The fourth-order valence-electron chi connectivity index (χ4n) is 2.46. The third-order valence-corrected chi connectivity index (χ3v) is 3.50. The number of rotatable bonds is 3. The van der Waals surface area contributed by atoms with Gasteiger partial charge >= 0.3 is 6.18 Å². The molecule has 0 fully saturated rings. The molecule has 7 heteroatoms. The van der Waals surface area contributed by atoms with Gasteiger partial charge in [-0.05, 0) is 30.2 Å². The molecule has 4 nitrogen and oxygen atoms in total. The normalized spacial score (nSPS) is 14.3. The number of ketones is 1. The number of Topliss-reactive ketones (excluding diaryl/α,β-unsaturated/α-hetero) is 1. The standard InChI is InChI=1S/C14H12F3N3O/c15-14(16,17)13-9(7-19-20-13)6-18-10-2-3-11-8(5-10)1-4-12(11)21/h2-3,5,7,18H,1,4,6H2,(H,19,20). The van der Waals surface area contributed by atoms with Crippen molar-refractivity contribution in [2.24, 2.45) is 0 Å². The van der Waals surface area contributed by atoms with E-state index in [0.717, 1.165) is 5.56 Å². The van der Waals surface area contributed by atoms with Crippen LogP contribution in [0.1, 0.15) is 33.6 Å². The molecule has 21 heavy (non-hydrogen) atoms. The Balaban J connectivity index is 1.75. The van der Waals surface area contributed by atoms with E-state index in [9.17, 15) is 18.0 Å². The van der Waals surface area contributed by atoms with Gasteiger partial charge in [-0.25, -0.2) is 0 Å². The summed E-state index contributed by atoms with van der Waals surface area (Å²) in [6, 6.07) is 5.23. The molecule has 1 aromatic carbocycles. The van der Waals surface area contributed by atoms with E-state index in [1.54, 1.807) is 12.1 Å². The first kappa shape index (κ1) is 13.7. The summed E-state index contributed by atoms with van der Waals surface area (Å²) >= 11 is 0. The molecule has 110 valence electrons. The average molecular weight is 295 g/mol. The molecule has 2 aromatic rings. The van der Waals surface area contributed by atoms with Gasteiger partial charge in [0.05, 0.1) is 0 Å². The summed E-state index contributed by atoms with van der Waals surface area (Å²) in [6.45, 7) is 0.0120. The zero-order chi connectivity index (χ0) is 15.0. The monoisotopic (exact) mass is 295 g/mol. The largest absolute Gasteiger partial charge is 0.435 e. The molecule has 1 heterocycles. The minimum atomic E-state index is -4.47. The smallest absolute Gasteiger partial charge is 0.381 e. The molecule has 0 unspecified atom stereocenters. The number of nitrogens with one attached hydrogen (secondary N) is 2. The third kappa shape index (κ3) is 2.63. The number of carbonyl (C=O) groups excluding carboxylic acids is 1. The lowest BCUT2D eigenvalue weighted by molar-refractivity contribution is -0.141. The maximum Gasteiger partial charge on any atom is 0.435 e. The van der Waals surface area contributed by atoms with Crippen LogP contribution in [0.3, 0.4) is 0 Å². The van der Waals surface area contributed by atoms with Gasteiger partial charge in [-0.1, -0.05) is 0 Å². The lowest BCUT2D eigenvalue weighted by atomic mass is 10.1. The lowest BCUT2D eigenvalue weighted by Crippen LogP contribution is -2.11. The van der Waals surface area contributed by atoms with Crippen LogP contribution in [0.25, 0.3) is 0 Å². The number of fused-ring (bicyclic) bond motifs is 1. The summed E-state index contributed by atoms with van der Waals surface area (Å²) in [5.41, 5.74) is 1.48. The van der Waals surface area contributed by atoms with Crippen molar-refractivity contribution in [2.75, 3.05) is 5.32 Å². The molecule has 0 bridgehead atoms. The van der Waals surface area contributed by atoms with Gasteiger partial charge in [-0.3, -0.25) is 9.89 Å². The van der Waals surface area contributed by atoms with Crippen LogP contribution < -0.4 is 5.32 Å². The summed E-state index contributed by atoms with van der Waals surface area (Å²) in [7, 11) is 0. The second-order valence-corrected chi connectivity index (χ2v) is 4.91. The van der Waals surface area contributed by atoms with E-state index < -0.39 is 11.9 Å². The fourth-order valence-corrected chi connectivity index (χ4v) is 2.46. The van der Waals surface area contributed by atoms with Crippen molar-refractivity contribution in [3.8, 4) is 0 Å². The molecular weight excluding hydrogens is 283 g/mol. The topological polar surface area (TPSA) is 57.8 Å². The number of aromatic amines is 1. The van der Waals surface area contributed by atoms with Gasteiger partial charge in [0.25, 0.3) is 0 Å². The van der Waals surface area contributed by atoms with Gasteiger partial charge in [0.15, 0.2) is 11.5 Å². The van der Waals surface area contributed by atoms with Crippen LogP contribution in [-0.2, 0) is 19.1 Å². The van der Waals surface area contributed by atoms with E-state index >= 15 is 0 Å². The Labute approximate surface area is 118 Å². The molecule has 2 N–H and O–H groups in total. The molecule has 1 aromatic heterocycles. The van der Waals surface area contributed by atoms with Crippen LogP contribution >= 0.6 is 0 Å². The van der Waals surface area contributed by atoms with E-state index in [4.69, 9.17) is 0 Å². The number of hydrogen-bond donors (Lipinski definition) is 2. The maximum absolute atomic E-state index is 12.7. The number of anilines is 1. The molecule has 1 aliphatic rings. The predicted molar refractivity (Wildman–Crippen MR) is 70.0 cm³/mol. The molecule has 1 aliphatic carbocycles. The quantitative estimate of drug-likeness (QED) is 0.914. The molecule has 0 spiro atoms. The highest BCUT2D eigenvalue weighted by atomic mass is 19.4. The Morgan fingerprint density at radius 3 is 2.86 bits per heavy atom. The first-order valence-corrected chi connectivity index (χ1v) is 6.45. The van der Waals surface area contributed by atoms with Gasteiger partial charge in [-0.15, -0.1) is 0 Å². The third-order valence-electron chi connectivity index (χ3n) is 3.50. The first-order valence-electron chi connectivity index (χ1n) is 6.45. The van der Waals surface area contributed by atoms with Crippen molar-refractivity contribution in [1.82, 2.24) is 10.2 Å².